The van der Waals surface area contributed by atoms with Crippen LogP contribution in [0.1, 0.15) is 16.5 Å². The molecule has 3 aromatic heterocycles. The third-order valence-electron chi connectivity index (χ3n) is 4.69. The van der Waals surface area contributed by atoms with Gasteiger partial charge in [-0.1, -0.05) is 23.7 Å². The van der Waals surface area contributed by atoms with Crippen molar-refractivity contribution < 1.29 is 13.2 Å². The lowest BCUT2D eigenvalue weighted by Crippen LogP contribution is -2.20. The topological polar surface area (TPSA) is 76.7 Å². The number of thiophene rings is 1. The van der Waals surface area contributed by atoms with Gasteiger partial charge >= 0.3 is 6.18 Å². The van der Waals surface area contributed by atoms with Crippen molar-refractivity contribution in [3.63, 3.8) is 0 Å². The van der Waals surface area contributed by atoms with Crippen LogP contribution in [0.4, 0.5) is 19.0 Å². The van der Waals surface area contributed by atoms with Gasteiger partial charge < -0.3 is 11.1 Å². The van der Waals surface area contributed by atoms with Crippen LogP contribution in [-0.2, 0) is 6.18 Å². The molecule has 0 aliphatic heterocycles. The standard InChI is InChI=1S/C22H17ClF3N5S/c23-16-7-13(4-5-15(16)22(24,25)26)19-9-21(31-12-30-19)29-10-17(27)20-8-14(11-32-20)18-3-1-2-6-28-18/h1-9,11-12,17H,10,27H2,(H,29,30,31)/t17-/m1/s1. The van der Waals surface area contributed by atoms with Crippen LogP contribution in [0, 0.1) is 0 Å². The molecule has 0 bridgehead atoms. The van der Waals surface area contributed by atoms with Crippen LogP contribution >= 0.6 is 22.9 Å². The monoisotopic (exact) mass is 475 g/mol. The van der Waals surface area contributed by atoms with E-state index in [2.05, 4.69) is 20.3 Å². The first kappa shape index (κ1) is 22.2. The minimum atomic E-state index is -4.51. The molecule has 0 saturated heterocycles. The zero-order valence-electron chi connectivity index (χ0n) is 16.5. The molecule has 164 valence electrons. The molecule has 1 aromatic carbocycles. The quantitative estimate of drug-likeness (QED) is 0.355. The second kappa shape index (κ2) is 9.23. The maximum absolute atomic E-state index is 12.9. The van der Waals surface area contributed by atoms with E-state index >= 15 is 0 Å². The van der Waals surface area contributed by atoms with E-state index in [9.17, 15) is 13.2 Å². The van der Waals surface area contributed by atoms with Gasteiger partial charge in [0.2, 0.25) is 0 Å². The Morgan fingerprint density at radius 2 is 1.84 bits per heavy atom. The van der Waals surface area contributed by atoms with Crippen molar-refractivity contribution in [1.82, 2.24) is 15.0 Å². The predicted molar refractivity (Wildman–Crippen MR) is 120 cm³/mol. The van der Waals surface area contributed by atoms with E-state index < -0.39 is 11.7 Å². The molecule has 10 heteroatoms. The van der Waals surface area contributed by atoms with Gasteiger partial charge in [-0.05, 0) is 30.3 Å². The minimum Gasteiger partial charge on any atom is -0.368 e. The van der Waals surface area contributed by atoms with Crippen LogP contribution in [0.5, 0.6) is 0 Å². The van der Waals surface area contributed by atoms with Crippen molar-refractivity contribution in [2.75, 3.05) is 11.9 Å². The molecular formula is C22H17ClF3N5S. The second-order valence-corrected chi connectivity index (χ2v) is 8.27. The normalized spacial score (nSPS) is 12.5. The van der Waals surface area contributed by atoms with E-state index in [1.165, 1.54) is 18.5 Å². The Bertz CT molecular complexity index is 1210. The van der Waals surface area contributed by atoms with E-state index in [-0.39, 0.29) is 11.1 Å². The predicted octanol–water partition coefficient (Wildman–Crippen LogP) is 6.05. The number of halogens is 4. The zero-order chi connectivity index (χ0) is 22.7. The molecule has 0 saturated carbocycles. The van der Waals surface area contributed by atoms with Crippen molar-refractivity contribution >= 4 is 28.8 Å². The number of hydrogen-bond donors (Lipinski definition) is 2. The Balaban J connectivity index is 1.45. The number of alkyl halides is 3. The summed E-state index contributed by atoms with van der Waals surface area (Å²) in [6, 6.07) is 12.6. The first-order valence-electron chi connectivity index (χ1n) is 9.50. The Morgan fingerprint density at radius 3 is 2.56 bits per heavy atom. The Hall–Kier alpha value is -3.01. The lowest BCUT2D eigenvalue weighted by Gasteiger charge is -2.13. The van der Waals surface area contributed by atoms with Crippen molar-refractivity contribution in [2.45, 2.75) is 12.2 Å². The number of nitrogens with two attached hydrogens (primary N) is 1. The number of aromatic nitrogens is 3. The maximum Gasteiger partial charge on any atom is 0.417 e. The lowest BCUT2D eigenvalue weighted by atomic mass is 10.1. The molecule has 0 fully saturated rings. The highest BCUT2D eigenvalue weighted by Crippen LogP contribution is 2.36. The summed E-state index contributed by atoms with van der Waals surface area (Å²) in [7, 11) is 0. The van der Waals surface area contributed by atoms with Gasteiger partial charge in [0.15, 0.2) is 0 Å². The average Bonchev–Trinajstić information content (AvgIpc) is 3.28. The largest absolute Gasteiger partial charge is 0.417 e. The van der Waals surface area contributed by atoms with Gasteiger partial charge in [0.1, 0.15) is 12.1 Å². The number of nitrogens with one attached hydrogen (secondary N) is 1. The summed E-state index contributed by atoms with van der Waals surface area (Å²) >= 11 is 7.37. The highest BCUT2D eigenvalue weighted by molar-refractivity contribution is 7.10. The number of pyridine rings is 1. The van der Waals surface area contributed by atoms with Crippen LogP contribution in [0.3, 0.4) is 0 Å². The Kier molecular flexibility index (Phi) is 6.40. The van der Waals surface area contributed by atoms with Crippen LogP contribution in [-0.4, -0.2) is 21.5 Å². The molecule has 4 aromatic rings. The SMILES string of the molecule is N[C@H](CNc1cc(-c2ccc(C(F)(F)F)c(Cl)c2)ncn1)c1cc(-c2ccccn2)cs1. The molecule has 0 aliphatic rings. The fraction of sp³-hybridized carbons (Fsp3) is 0.136. The van der Waals surface area contributed by atoms with E-state index in [0.29, 0.717) is 23.6 Å². The third-order valence-corrected chi connectivity index (χ3v) is 6.06. The van der Waals surface area contributed by atoms with Crippen molar-refractivity contribution in [2.24, 2.45) is 5.73 Å². The molecule has 32 heavy (non-hydrogen) atoms. The van der Waals surface area contributed by atoms with Gasteiger partial charge in [-0.3, -0.25) is 4.98 Å². The molecule has 1 atom stereocenters. The lowest BCUT2D eigenvalue weighted by molar-refractivity contribution is -0.137. The summed E-state index contributed by atoms with van der Waals surface area (Å²) in [4.78, 5) is 13.6. The number of rotatable bonds is 6. The molecule has 0 radical (unpaired) electrons. The van der Waals surface area contributed by atoms with E-state index in [4.69, 9.17) is 17.3 Å². The van der Waals surface area contributed by atoms with Crippen LogP contribution in [0.25, 0.3) is 22.5 Å². The van der Waals surface area contributed by atoms with Crippen molar-refractivity contribution in [3.05, 3.63) is 81.9 Å². The number of benzene rings is 1. The third kappa shape index (κ3) is 5.07. The van der Waals surface area contributed by atoms with Gasteiger partial charge in [-0.15, -0.1) is 11.3 Å². The average molecular weight is 476 g/mol. The first-order valence-corrected chi connectivity index (χ1v) is 10.8. The van der Waals surface area contributed by atoms with E-state index in [1.807, 2.05) is 29.6 Å². The second-order valence-electron chi connectivity index (χ2n) is 6.92. The molecule has 0 aliphatic carbocycles. The zero-order valence-corrected chi connectivity index (χ0v) is 18.0. The summed E-state index contributed by atoms with van der Waals surface area (Å²) in [6.07, 6.45) is -1.44. The van der Waals surface area contributed by atoms with Crippen LogP contribution < -0.4 is 11.1 Å². The minimum absolute atomic E-state index is 0.281. The molecular weight excluding hydrogens is 459 g/mol. The summed E-state index contributed by atoms with van der Waals surface area (Å²) < 4.78 is 38.8. The molecule has 3 heterocycles. The smallest absolute Gasteiger partial charge is 0.368 e. The summed E-state index contributed by atoms with van der Waals surface area (Å²) in [5.41, 5.74) is 8.22. The fourth-order valence-electron chi connectivity index (χ4n) is 3.05. The Labute approximate surface area is 191 Å². The molecule has 0 amide bonds. The van der Waals surface area contributed by atoms with Crippen molar-refractivity contribution in [1.29, 1.82) is 0 Å². The van der Waals surface area contributed by atoms with Crippen molar-refractivity contribution in [3.8, 4) is 22.5 Å². The highest BCUT2D eigenvalue weighted by atomic mass is 35.5. The number of anilines is 1. The first-order chi connectivity index (χ1) is 15.3. The van der Waals surface area contributed by atoms with E-state index in [0.717, 1.165) is 22.2 Å². The molecule has 5 nitrogen and oxygen atoms in total. The van der Waals surface area contributed by atoms with Gasteiger partial charge in [-0.2, -0.15) is 13.2 Å². The fourth-order valence-corrected chi connectivity index (χ4v) is 4.24. The van der Waals surface area contributed by atoms with Gasteiger partial charge in [-0.25, -0.2) is 9.97 Å². The molecule has 0 unspecified atom stereocenters. The van der Waals surface area contributed by atoms with Gasteiger partial charge in [0, 0.05) is 40.2 Å². The summed E-state index contributed by atoms with van der Waals surface area (Å²) in [6.45, 7) is 0.409. The number of hydrogen-bond acceptors (Lipinski definition) is 6. The van der Waals surface area contributed by atoms with Gasteiger partial charge in [0.05, 0.1) is 28.0 Å². The maximum atomic E-state index is 12.9. The molecule has 0 spiro atoms. The number of nitrogens with zero attached hydrogens (tertiary/aromatic N) is 3. The van der Waals surface area contributed by atoms with Gasteiger partial charge in [0.25, 0.3) is 0 Å². The highest BCUT2D eigenvalue weighted by Gasteiger charge is 2.33. The Morgan fingerprint density at radius 1 is 1.00 bits per heavy atom. The summed E-state index contributed by atoms with van der Waals surface area (Å²) in [5, 5.41) is 4.78. The van der Waals surface area contributed by atoms with E-state index in [1.54, 1.807) is 23.6 Å². The molecule has 3 N–H and O–H groups in total. The van der Waals surface area contributed by atoms with Crippen LogP contribution in [0.15, 0.2) is 66.4 Å². The van der Waals surface area contributed by atoms with Crippen LogP contribution in [0.2, 0.25) is 5.02 Å². The molecule has 4 rings (SSSR count). The summed E-state index contributed by atoms with van der Waals surface area (Å²) in [5.74, 6) is 0.503.